The molecule has 0 aromatic heterocycles. The van der Waals surface area contributed by atoms with Crippen LogP contribution in [-0.2, 0) is 0 Å². The highest BCUT2D eigenvalue weighted by Crippen LogP contribution is 2.40. The van der Waals surface area contributed by atoms with Crippen molar-refractivity contribution in [1.82, 2.24) is 0 Å². The van der Waals surface area contributed by atoms with Crippen molar-refractivity contribution in [2.45, 2.75) is 0 Å². The van der Waals surface area contributed by atoms with Crippen LogP contribution in [0.5, 0.6) is 5.75 Å². The minimum atomic E-state index is 0.264. The average Bonchev–Trinajstić information content (AvgIpc) is 2.63. The summed E-state index contributed by atoms with van der Waals surface area (Å²) in [6.07, 6.45) is 0. The van der Waals surface area contributed by atoms with Gasteiger partial charge in [-0.15, -0.1) is 0 Å². The Kier molecular flexibility index (Phi) is 3.64. The topological polar surface area (TPSA) is 23.5 Å². The molecule has 0 saturated heterocycles. The zero-order valence-electron chi connectivity index (χ0n) is 13.1. The van der Waals surface area contributed by atoms with Crippen LogP contribution in [0, 0.1) is 0 Å². The Morgan fingerprint density at radius 2 is 1.12 bits per heavy atom. The van der Waals surface area contributed by atoms with Crippen LogP contribution in [0.25, 0.3) is 10.8 Å². The van der Waals surface area contributed by atoms with Gasteiger partial charge < -0.3 is 10.0 Å². The van der Waals surface area contributed by atoms with Gasteiger partial charge in [0.05, 0.1) is 5.69 Å². The number of rotatable bonds is 3. The zero-order chi connectivity index (χ0) is 16.4. The van der Waals surface area contributed by atoms with Crippen LogP contribution in [0.2, 0.25) is 0 Å². The lowest BCUT2D eigenvalue weighted by atomic mass is 10.1. The third-order valence-corrected chi connectivity index (χ3v) is 4.09. The SMILES string of the molecule is Oc1cc(N(c2ccccc2)c2ccccc2)c2ccccc2c1. The van der Waals surface area contributed by atoms with E-state index in [1.807, 2.05) is 60.7 Å². The van der Waals surface area contributed by atoms with E-state index in [1.165, 1.54) is 0 Å². The molecular formula is C22H17NO. The Morgan fingerprint density at radius 1 is 0.583 bits per heavy atom. The number of hydrogen-bond donors (Lipinski definition) is 1. The van der Waals surface area contributed by atoms with Crippen LogP contribution in [-0.4, -0.2) is 5.11 Å². The summed E-state index contributed by atoms with van der Waals surface area (Å²) in [5, 5.41) is 12.3. The summed E-state index contributed by atoms with van der Waals surface area (Å²) in [7, 11) is 0. The summed E-state index contributed by atoms with van der Waals surface area (Å²) in [5.41, 5.74) is 3.07. The Morgan fingerprint density at radius 3 is 1.75 bits per heavy atom. The first-order valence-corrected chi connectivity index (χ1v) is 7.95. The fourth-order valence-corrected chi connectivity index (χ4v) is 3.04. The van der Waals surface area contributed by atoms with Crippen LogP contribution in [0.1, 0.15) is 0 Å². The molecule has 0 aliphatic heterocycles. The molecule has 4 aromatic rings. The number of phenolic OH excluding ortho intramolecular Hbond substituents is 1. The van der Waals surface area contributed by atoms with Gasteiger partial charge >= 0.3 is 0 Å². The molecule has 24 heavy (non-hydrogen) atoms. The molecule has 2 heteroatoms. The van der Waals surface area contributed by atoms with Crippen molar-refractivity contribution in [3.63, 3.8) is 0 Å². The first-order valence-electron chi connectivity index (χ1n) is 7.95. The number of benzene rings is 4. The summed E-state index contributed by atoms with van der Waals surface area (Å²) in [6.45, 7) is 0. The lowest BCUT2D eigenvalue weighted by Gasteiger charge is -2.27. The van der Waals surface area contributed by atoms with Gasteiger partial charge in [0, 0.05) is 22.8 Å². The molecule has 0 fully saturated rings. The molecule has 0 aliphatic rings. The van der Waals surface area contributed by atoms with E-state index in [0.29, 0.717) is 0 Å². The van der Waals surface area contributed by atoms with Crippen molar-refractivity contribution in [3.8, 4) is 5.75 Å². The molecular weight excluding hydrogens is 294 g/mol. The van der Waals surface area contributed by atoms with Gasteiger partial charge in [-0.3, -0.25) is 0 Å². The molecule has 0 aliphatic carbocycles. The summed E-state index contributed by atoms with van der Waals surface area (Å²) in [6, 6.07) is 32.2. The van der Waals surface area contributed by atoms with Gasteiger partial charge in [0.1, 0.15) is 5.75 Å². The molecule has 0 saturated carbocycles. The number of aromatic hydroxyl groups is 1. The molecule has 2 nitrogen and oxygen atoms in total. The Hall–Kier alpha value is -3.26. The largest absolute Gasteiger partial charge is 0.508 e. The quantitative estimate of drug-likeness (QED) is 0.500. The van der Waals surface area contributed by atoms with E-state index in [-0.39, 0.29) is 5.75 Å². The number of para-hydroxylation sites is 2. The van der Waals surface area contributed by atoms with Gasteiger partial charge in [0.2, 0.25) is 0 Å². The fourth-order valence-electron chi connectivity index (χ4n) is 3.04. The summed E-state index contributed by atoms with van der Waals surface area (Å²) >= 11 is 0. The van der Waals surface area contributed by atoms with E-state index in [4.69, 9.17) is 0 Å². The van der Waals surface area contributed by atoms with E-state index < -0.39 is 0 Å². The van der Waals surface area contributed by atoms with Crippen molar-refractivity contribution < 1.29 is 5.11 Å². The molecule has 4 aromatic carbocycles. The van der Waals surface area contributed by atoms with Crippen LogP contribution in [0.4, 0.5) is 17.1 Å². The molecule has 0 heterocycles. The standard InChI is InChI=1S/C22H17NO/c24-20-15-17-9-7-8-14-21(17)22(16-20)23(18-10-3-1-4-11-18)19-12-5-2-6-13-19/h1-16,24H. The highest BCUT2D eigenvalue weighted by molar-refractivity contribution is 5.99. The third-order valence-electron chi connectivity index (χ3n) is 4.09. The van der Waals surface area contributed by atoms with Gasteiger partial charge in [-0.05, 0) is 35.7 Å². The van der Waals surface area contributed by atoms with Gasteiger partial charge in [-0.1, -0.05) is 60.7 Å². The summed E-state index contributed by atoms with van der Waals surface area (Å²) in [4.78, 5) is 2.17. The number of anilines is 3. The second kappa shape index (κ2) is 6.09. The van der Waals surface area contributed by atoms with Gasteiger partial charge in [0.15, 0.2) is 0 Å². The van der Waals surface area contributed by atoms with E-state index in [9.17, 15) is 5.11 Å². The lowest BCUT2D eigenvalue weighted by molar-refractivity contribution is 0.476. The average molecular weight is 311 g/mol. The van der Waals surface area contributed by atoms with Gasteiger partial charge in [-0.25, -0.2) is 0 Å². The van der Waals surface area contributed by atoms with Crippen LogP contribution < -0.4 is 4.90 Å². The van der Waals surface area contributed by atoms with E-state index in [2.05, 4.69) is 35.2 Å². The second-order valence-corrected chi connectivity index (χ2v) is 5.69. The highest BCUT2D eigenvalue weighted by atomic mass is 16.3. The van der Waals surface area contributed by atoms with Gasteiger partial charge in [-0.2, -0.15) is 0 Å². The van der Waals surface area contributed by atoms with E-state index in [0.717, 1.165) is 27.8 Å². The minimum Gasteiger partial charge on any atom is -0.508 e. The van der Waals surface area contributed by atoms with Crippen molar-refractivity contribution in [1.29, 1.82) is 0 Å². The number of hydrogen-bond acceptors (Lipinski definition) is 2. The predicted molar refractivity (Wildman–Crippen MR) is 100 cm³/mol. The molecule has 4 rings (SSSR count). The molecule has 1 N–H and O–H groups in total. The highest BCUT2D eigenvalue weighted by Gasteiger charge is 2.15. The monoisotopic (exact) mass is 311 g/mol. The lowest BCUT2D eigenvalue weighted by Crippen LogP contribution is -2.10. The van der Waals surface area contributed by atoms with Crippen LogP contribution in [0.15, 0.2) is 97.1 Å². The molecule has 0 bridgehead atoms. The third kappa shape index (κ3) is 2.59. The Balaban J connectivity index is 2.02. The summed E-state index contributed by atoms with van der Waals surface area (Å²) < 4.78 is 0. The maximum absolute atomic E-state index is 10.2. The number of phenols is 1. The molecule has 116 valence electrons. The maximum Gasteiger partial charge on any atom is 0.118 e. The van der Waals surface area contributed by atoms with E-state index in [1.54, 1.807) is 6.07 Å². The molecule has 0 amide bonds. The number of fused-ring (bicyclic) bond motifs is 1. The van der Waals surface area contributed by atoms with Crippen LogP contribution >= 0.6 is 0 Å². The van der Waals surface area contributed by atoms with Crippen molar-refractivity contribution in [2.24, 2.45) is 0 Å². The Labute approximate surface area is 141 Å². The summed E-state index contributed by atoms with van der Waals surface area (Å²) in [5.74, 6) is 0.264. The first kappa shape index (κ1) is 14.3. The molecule has 0 radical (unpaired) electrons. The fraction of sp³-hybridized carbons (Fsp3) is 0. The normalized spacial score (nSPS) is 10.7. The Bertz CT molecular complexity index is 925. The predicted octanol–water partition coefficient (Wildman–Crippen LogP) is 6.02. The maximum atomic E-state index is 10.2. The minimum absolute atomic E-state index is 0.264. The molecule has 0 atom stereocenters. The molecule has 0 unspecified atom stereocenters. The first-order chi connectivity index (χ1) is 11.8. The zero-order valence-corrected chi connectivity index (χ0v) is 13.1. The van der Waals surface area contributed by atoms with Crippen LogP contribution in [0.3, 0.4) is 0 Å². The number of nitrogens with zero attached hydrogens (tertiary/aromatic N) is 1. The molecule has 0 spiro atoms. The second-order valence-electron chi connectivity index (χ2n) is 5.69. The smallest absolute Gasteiger partial charge is 0.118 e. The van der Waals surface area contributed by atoms with Gasteiger partial charge in [0.25, 0.3) is 0 Å². The van der Waals surface area contributed by atoms with E-state index >= 15 is 0 Å². The van der Waals surface area contributed by atoms with Crippen molar-refractivity contribution >= 4 is 27.8 Å². The van der Waals surface area contributed by atoms with Crippen molar-refractivity contribution in [2.75, 3.05) is 4.90 Å². The van der Waals surface area contributed by atoms with Crippen molar-refractivity contribution in [3.05, 3.63) is 97.1 Å².